The Bertz CT molecular complexity index is 543. The summed E-state index contributed by atoms with van der Waals surface area (Å²) in [6, 6.07) is 9.31. The molecule has 0 aliphatic carbocycles. The number of nitrogens with zero attached hydrogens (tertiary/aromatic N) is 1. The van der Waals surface area contributed by atoms with Gasteiger partial charge in [0.05, 0.1) is 18.2 Å². The van der Waals surface area contributed by atoms with E-state index in [1.165, 1.54) is 0 Å². The molecule has 1 heterocycles. The number of nitriles is 1. The molecule has 92 valence electrons. The van der Waals surface area contributed by atoms with Crippen LogP contribution in [0.3, 0.4) is 0 Å². The molecule has 1 aromatic heterocycles. The minimum atomic E-state index is 0.509. The van der Waals surface area contributed by atoms with Crippen LogP contribution in [-0.2, 0) is 6.61 Å². The van der Waals surface area contributed by atoms with Gasteiger partial charge in [-0.3, -0.25) is 0 Å². The molecule has 0 spiro atoms. The smallest absolute Gasteiger partial charge is 0.162 e. The van der Waals surface area contributed by atoms with Gasteiger partial charge in [-0.15, -0.1) is 0 Å². The quantitative estimate of drug-likeness (QED) is 0.824. The molecular weight excluding hydrogens is 246 g/mol. The van der Waals surface area contributed by atoms with Crippen molar-refractivity contribution >= 4 is 11.3 Å². The van der Waals surface area contributed by atoms with Crippen LogP contribution in [0, 0.1) is 11.3 Å². The van der Waals surface area contributed by atoms with Gasteiger partial charge in [-0.05, 0) is 41.4 Å². The maximum Gasteiger partial charge on any atom is 0.162 e. The highest BCUT2D eigenvalue weighted by atomic mass is 32.1. The molecule has 0 radical (unpaired) electrons. The van der Waals surface area contributed by atoms with Crippen molar-refractivity contribution in [1.82, 2.24) is 0 Å². The predicted octanol–water partition coefficient (Wildman–Crippen LogP) is 3.60. The second kappa shape index (κ2) is 6.08. The molecule has 0 saturated heterocycles. The van der Waals surface area contributed by atoms with E-state index < -0.39 is 0 Å². The summed E-state index contributed by atoms with van der Waals surface area (Å²) in [5, 5.41) is 12.9. The third-order valence-corrected chi connectivity index (χ3v) is 3.08. The number of hydrogen-bond acceptors (Lipinski definition) is 4. The Kier molecular flexibility index (Phi) is 4.21. The van der Waals surface area contributed by atoms with Gasteiger partial charge >= 0.3 is 0 Å². The average molecular weight is 259 g/mol. The second-order valence-electron chi connectivity index (χ2n) is 3.63. The van der Waals surface area contributed by atoms with E-state index in [2.05, 4.69) is 6.07 Å². The van der Waals surface area contributed by atoms with Gasteiger partial charge in [0.1, 0.15) is 6.61 Å². The van der Waals surface area contributed by atoms with E-state index in [1.807, 2.05) is 23.8 Å². The Morgan fingerprint density at radius 1 is 1.22 bits per heavy atom. The lowest BCUT2D eigenvalue weighted by Crippen LogP contribution is -1.99. The molecule has 2 rings (SSSR count). The summed E-state index contributed by atoms with van der Waals surface area (Å²) in [5.74, 6) is 1.29. The van der Waals surface area contributed by atoms with Gasteiger partial charge < -0.3 is 9.47 Å². The lowest BCUT2D eigenvalue weighted by molar-refractivity contribution is 0.269. The molecule has 4 heteroatoms. The van der Waals surface area contributed by atoms with E-state index in [1.54, 1.807) is 29.5 Å². The maximum absolute atomic E-state index is 8.86. The second-order valence-corrected chi connectivity index (χ2v) is 4.41. The largest absolute Gasteiger partial charge is 0.490 e. The summed E-state index contributed by atoms with van der Waals surface area (Å²) in [5.41, 5.74) is 1.70. The van der Waals surface area contributed by atoms with Crippen molar-refractivity contribution in [1.29, 1.82) is 5.26 Å². The SMILES string of the molecule is CCOc1cc(C#N)ccc1OCc1ccsc1. The van der Waals surface area contributed by atoms with Crippen molar-refractivity contribution in [2.45, 2.75) is 13.5 Å². The van der Waals surface area contributed by atoms with E-state index in [4.69, 9.17) is 14.7 Å². The number of benzene rings is 1. The number of hydrogen-bond donors (Lipinski definition) is 0. The third kappa shape index (κ3) is 3.02. The summed E-state index contributed by atoms with van der Waals surface area (Å²) >= 11 is 1.64. The molecule has 0 bridgehead atoms. The Labute approximate surface area is 110 Å². The topological polar surface area (TPSA) is 42.2 Å². The predicted molar refractivity (Wildman–Crippen MR) is 71.0 cm³/mol. The fraction of sp³-hybridized carbons (Fsp3) is 0.214. The lowest BCUT2D eigenvalue weighted by atomic mass is 10.2. The highest BCUT2D eigenvalue weighted by Gasteiger charge is 2.06. The van der Waals surface area contributed by atoms with Crippen LogP contribution in [0.2, 0.25) is 0 Å². The average Bonchev–Trinajstić information content (AvgIpc) is 2.90. The standard InChI is InChI=1S/C14H13NO2S/c1-2-16-14-7-11(8-15)3-4-13(14)17-9-12-5-6-18-10-12/h3-7,10H,2,9H2,1H3. The van der Waals surface area contributed by atoms with Gasteiger partial charge in [0.2, 0.25) is 0 Å². The van der Waals surface area contributed by atoms with E-state index in [9.17, 15) is 0 Å². The van der Waals surface area contributed by atoms with Crippen molar-refractivity contribution in [2.24, 2.45) is 0 Å². The van der Waals surface area contributed by atoms with E-state index in [0.29, 0.717) is 30.3 Å². The van der Waals surface area contributed by atoms with Gasteiger partial charge in [0.15, 0.2) is 11.5 Å². The summed E-state index contributed by atoms with van der Waals surface area (Å²) in [7, 11) is 0. The molecule has 0 atom stereocenters. The molecule has 0 aliphatic rings. The molecule has 0 amide bonds. The van der Waals surface area contributed by atoms with Crippen molar-refractivity contribution in [3.63, 3.8) is 0 Å². The molecule has 0 saturated carbocycles. The van der Waals surface area contributed by atoms with Crippen LogP contribution in [-0.4, -0.2) is 6.61 Å². The van der Waals surface area contributed by atoms with Crippen LogP contribution in [0.1, 0.15) is 18.1 Å². The zero-order chi connectivity index (χ0) is 12.8. The van der Waals surface area contributed by atoms with Crippen molar-refractivity contribution in [3.8, 4) is 17.6 Å². The van der Waals surface area contributed by atoms with Crippen LogP contribution in [0.5, 0.6) is 11.5 Å². The Hall–Kier alpha value is -1.99. The van der Waals surface area contributed by atoms with Crippen molar-refractivity contribution in [3.05, 3.63) is 46.2 Å². The molecule has 1 aromatic carbocycles. The van der Waals surface area contributed by atoms with Gasteiger partial charge in [-0.25, -0.2) is 0 Å². The third-order valence-electron chi connectivity index (χ3n) is 2.35. The highest BCUT2D eigenvalue weighted by Crippen LogP contribution is 2.29. The van der Waals surface area contributed by atoms with Crippen LogP contribution < -0.4 is 9.47 Å². The first kappa shape index (κ1) is 12.5. The Balaban J connectivity index is 2.13. The summed E-state index contributed by atoms with van der Waals surface area (Å²) in [6.45, 7) is 2.96. The molecule has 0 aliphatic heterocycles. The summed E-state index contributed by atoms with van der Waals surface area (Å²) in [4.78, 5) is 0. The van der Waals surface area contributed by atoms with E-state index >= 15 is 0 Å². The zero-order valence-corrected chi connectivity index (χ0v) is 10.9. The van der Waals surface area contributed by atoms with Crippen molar-refractivity contribution < 1.29 is 9.47 Å². The van der Waals surface area contributed by atoms with Gasteiger partial charge in [0.25, 0.3) is 0 Å². The Morgan fingerprint density at radius 3 is 2.78 bits per heavy atom. The molecular formula is C14H13NO2S. The minimum absolute atomic E-state index is 0.509. The van der Waals surface area contributed by atoms with Gasteiger partial charge in [0, 0.05) is 6.07 Å². The molecule has 0 fully saturated rings. The summed E-state index contributed by atoms with van der Waals surface area (Å²) in [6.07, 6.45) is 0. The van der Waals surface area contributed by atoms with Gasteiger partial charge in [-0.1, -0.05) is 0 Å². The molecule has 0 N–H and O–H groups in total. The van der Waals surface area contributed by atoms with Crippen LogP contribution >= 0.6 is 11.3 Å². The highest BCUT2D eigenvalue weighted by molar-refractivity contribution is 7.07. The fourth-order valence-corrected chi connectivity index (χ4v) is 2.15. The molecule has 18 heavy (non-hydrogen) atoms. The monoisotopic (exact) mass is 259 g/mol. The first-order chi connectivity index (χ1) is 8.83. The summed E-state index contributed by atoms with van der Waals surface area (Å²) < 4.78 is 11.2. The van der Waals surface area contributed by atoms with Gasteiger partial charge in [-0.2, -0.15) is 16.6 Å². The molecule has 0 unspecified atom stereocenters. The first-order valence-corrected chi connectivity index (χ1v) is 6.58. The van der Waals surface area contributed by atoms with Crippen LogP contribution in [0.15, 0.2) is 35.0 Å². The van der Waals surface area contributed by atoms with Crippen molar-refractivity contribution in [2.75, 3.05) is 6.61 Å². The zero-order valence-electron chi connectivity index (χ0n) is 10.1. The van der Waals surface area contributed by atoms with Crippen LogP contribution in [0.4, 0.5) is 0 Å². The van der Waals surface area contributed by atoms with Crippen LogP contribution in [0.25, 0.3) is 0 Å². The number of thiophene rings is 1. The minimum Gasteiger partial charge on any atom is -0.490 e. The fourth-order valence-electron chi connectivity index (χ4n) is 1.50. The van der Waals surface area contributed by atoms with E-state index in [-0.39, 0.29) is 0 Å². The molecule has 2 aromatic rings. The Morgan fingerprint density at radius 2 is 2.11 bits per heavy atom. The van der Waals surface area contributed by atoms with E-state index in [0.717, 1.165) is 5.56 Å². The maximum atomic E-state index is 8.86. The normalized spacial score (nSPS) is 9.78. The number of ether oxygens (including phenoxy) is 2. The lowest BCUT2D eigenvalue weighted by Gasteiger charge is -2.11. The number of rotatable bonds is 5. The molecule has 3 nitrogen and oxygen atoms in total. The first-order valence-electron chi connectivity index (χ1n) is 5.64.